The van der Waals surface area contributed by atoms with E-state index in [0.717, 1.165) is 40.9 Å². The zero-order valence-electron chi connectivity index (χ0n) is 17.0. The number of ether oxygens (including phenoxy) is 3. The molecule has 0 heterocycles. The largest absolute Gasteiger partial charge is 0.497 e. The van der Waals surface area contributed by atoms with E-state index < -0.39 is 0 Å². The molecule has 6 nitrogen and oxygen atoms in total. The number of nitrogens with zero attached hydrogens (tertiary/aromatic N) is 1. The lowest BCUT2D eigenvalue weighted by atomic mass is 10.2. The molecular formula is C21H30IN3O3. The SMILES string of the molecule is CCNC(=NCc1ccccc1OCC)NCc1ccc(OC)cc1OC.I. The summed E-state index contributed by atoms with van der Waals surface area (Å²) in [5.74, 6) is 3.15. The summed E-state index contributed by atoms with van der Waals surface area (Å²) in [5, 5.41) is 6.62. The van der Waals surface area contributed by atoms with Crippen LogP contribution in [0.25, 0.3) is 0 Å². The number of halogens is 1. The van der Waals surface area contributed by atoms with E-state index in [-0.39, 0.29) is 24.0 Å². The fourth-order valence-electron chi connectivity index (χ4n) is 2.61. The third-order valence-corrected chi connectivity index (χ3v) is 3.96. The highest BCUT2D eigenvalue weighted by molar-refractivity contribution is 14.0. The maximum absolute atomic E-state index is 5.67. The van der Waals surface area contributed by atoms with Gasteiger partial charge in [-0.15, -0.1) is 24.0 Å². The molecule has 0 spiro atoms. The molecule has 0 bridgehead atoms. The van der Waals surface area contributed by atoms with E-state index in [1.54, 1.807) is 14.2 Å². The number of hydrogen-bond donors (Lipinski definition) is 2. The number of guanidine groups is 1. The molecule has 0 unspecified atom stereocenters. The van der Waals surface area contributed by atoms with E-state index in [1.807, 2.05) is 56.3 Å². The quantitative estimate of drug-likeness (QED) is 0.311. The first-order valence-electron chi connectivity index (χ1n) is 9.15. The summed E-state index contributed by atoms with van der Waals surface area (Å²) in [5.41, 5.74) is 2.08. The zero-order valence-corrected chi connectivity index (χ0v) is 19.3. The Morgan fingerprint density at radius 3 is 2.39 bits per heavy atom. The second kappa shape index (κ2) is 13.1. The van der Waals surface area contributed by atoms with Crippen molar-refractivity contribution >= 4 is 29.9 Å². The van der Waals surface area contributed by atoms with Gasteiger partial charge in [0, 0.05) is 30.3 Å². The molecule has 0 amide bonds. The third kappa shape index (κ3) is 7.10. The predicted octanol–water partition coefficient (Wildman–Crippen LogP) is 3.98. The Hall–Kier alpha value is -2.16. The Labute approximate surface area is 184 Å². The van der Waals surface area contributed by atoms with Crippen molar-refractivity contribution in [3.05, 3.63) is 53.6 Å². The molecule has 0 atom stereocenters. The van der Waals surface area contributed by atoms with E-state index in [9.17, 15) is 0 Å². The van der Waals surface area contributed by atoms with E-state index in [0.29, 0.717) is 19.7 Å². The molecule has 0 fully saturated rings. The number of benzene rings is 2. The van der Waals surface area contributed by atoms with Crippen LogP contribution in [0, 0.1) is 0 Å². The Balaban J connectivity index is 0.00000392. The van der Waals surface area contributed by atoms with Crippen molar-refractivity contribution in [3.8, 4) is 17.2 Å². The molecule has 0 saturated heterocycles. The number of nitrogens with one attached hydrogen (secondary N) is 2. The minimum absolute atomic E-state index is 0. The van der Waals surface area contributed by atoms with Crippen LogP contribution in [0.15, 0.2) is 47.5 Å². The third-order valence-electron chi connectivity index (χ3n) is 3.96. The van der Waals surface area contributed by atoms with Gasteiger partial charge in [-0.3, -0.25) is 0 Å². The molecule has 0 aliphatic carbocycles. The van der Waals surface area contributed by atoms with Crippen LogP contribution in [-0.4, -0.2) is 33.3 Å². The molecule has 28 heavy (non-hydrogen) atoms. The van der Waals surface area contributed by atoms with E-state index in [1.165, 1.54) is 0 Å². The highest BCUT2D eigenvalue weighted by atomic mass is 127. The summed E-state index contributed by atoms with van der Waals surface area (Å²) in [4.78, 5) is 4.68. The summed E-state index contributed by atoms with van der Waals surface area (Å²) in [6.45, 7) is 6.56. The van der Waals surface area contributed by atoms with Gasteiger partial charge in [-0.25, -0.2) is 4.99 Å². The van der Waals surface area contributed by atoms with Crippen molar-refractivity contribution in [3.63, 3.8) is 0 Å². The summed E-state index contributed by atoms with van der Waals surface area (Å²) >= 11 is 0. The van der Waals surface area contributed by atoms with Gasteiger partial charge in [0.05, 0.1) is 27.4 Å². The van der Waals surface area contributed by atoms with E-state index >= 15 is 0 Å². The molecule has 0 aliphatic heterocycles. The average Bonchev–Trinajstić information content (AvgIpc) is 2.71. The van der Waals surface area contributed by atoms with Crippen LogP contribution in [-0.2, 0) is 13.1 Å². The Morgan fingerprint density at radius 2 is 1.71 bits per heavy atom. The molecule has 0 aliphatic rings. The fraction of sp³-hybridized carbons (Fsp3) is 0.381. The van der Waals surface area contributed by atoms with Crippen molar-refractivity contribution in [1.29, 1.82) is 0 Å². The molecule has 2 rings (SSSR count). The van der Waals surface area contributed by atoms with Gasteiger partial charge in [-0.2, -0.15) is 0 Å². The van der Waals surface area contributed by atoms with Crippen LogP contribution in [0.5, 0.6) is 17.2 Å². The summed E-state index contributed by atoms with van der Waals surface area (Å²) in [6, 6.07) is 13.7. The van der Waals surface area contributed by atoms with Crippen molar-refractivity contribution in [2.45, 2.75) is 26.9 Å². The Morgan fingerprint density at radius 1 is 0.929 bits per heavy atom. The van der Waals surface area contributed by atoms with Crippen LogP contribution in [0.1, 0.15) is 25.0 Å². The second-order valence-electron chi connectivity index (χ2n) is 5.77. The molecule has 2 aromatic rings. The molecule has 7 heteroatoms. The molecular weight excluding hydrogens is 469 g/mol. The second-order valence-corrected chi connectivity index (χ2v) is 5.77. The minimum atomic E-state index is 0. The molecule has 2 aromatic carbocycles. The maximum Gasteiger partial charge on any atom is 0.191 e. The molecule has 154 valence electrons. The van der Waals surface area contributed by atoms with Gasteiger partial charge in [0.2, 0.25) is 0 Å². The van der Waals surface area contributed by atoms with Gasteiger partial charge in [0.25, 0.3) is 0 Å². The first-order valence-corrected chi connectivity index (χ1v) is 9.15. The lowest BCUT2D eigenvalue weighted by Gasteiger charge is -2.15. The number of para-hydroxylation sites is 1. The fourth-order valence-corrected chi connectivity index (χ4v) is 2.61. The van der Waals surface area contributed by atoms with Crippen LogP contribution in [0.3, 0.4) is 0 Å². The Bertz CT molecular complexity index is 753. The van der Waals surface area contributed by atoms with Gasteiger partial charge >= 0.3 is 0 Å². The van der Waals surface area contributed by atoms with Gasteiger partial charge in [0.15, 0.2) is 5.96 Å². The standard InChI is InChI=1S/C21H29N3O3.HI/c1-5-22-21(23-14-16-9-7-8-10-19(16)27-6-2)24-15-17-11-12-18(25-3)13-20(17)26-4;/h7-13H,5-6,14-15H2,1-4H3,(H2,22,23,24);1H. The monoisotopic (exact) mass is 499 g/mol. The van der Waals surface area contributed by atoms with Crippen molar-refractivity contribution in [2.75, 3.05) is 27.4 Å². The topological polar surface area (TPSA) is 64.1 Å². The summed E-state index contributed by atoms with van der Waals surface area (Å²) in [7, 11) is 3.30. The van der Waals surface area contributed by atoms with Crippen molar-refractivity contribution < 1.29 is 14.2 Å². The van der Waals surface area contributed by atoms with Crippen molar-refractivity contribution in [2.24, 2.45) is 4.99 Å². The van der Waals surface area contributed by atoms with Gasteiger partial charge in [0.1, 0.15) is 17.2 Å². The van der Waals surface area contributed by atoms with Crippen molar-refractivity contribution in [1.82, 2.24) is 10.6 Å². The normalized spacial score (nSPS) is 10.6. The van der Waals surface area contributed by atoms with Crippen LogP contribution in [0.2, 0.25) is 0 Å². The zero-order chi connectivity index (χ0) is 19.5. The predicted molar refractivity (Wildman–Crippen MR) is 124 cm³/mol. The highest BCUT2D eigenvalue weighted by Crippen LogP contribution is 2.24. The van der Waals surface area contributed by atoms with Crippen LogP contribution in [0.4, 0.5) is 0 Å². The lowest BCUT2D eigenvalue weighted by molar-refractivity contribution is 0.336. The lowest BCUT2D eigenvalue weighted by Crippen LogP contribution is -2.36. The maximum atomic E-state index is 5.67. The minimum Gasteiger partial charge on any atom is -0.497 e. The van der Waals surface area contributed by atoms with Crippen LogP contribution >= 0.6 is 24.0 Å². The first-order chi connectivity index (χ1) is 13.2. The van der Waals surface area contributed by atoms with E-state index in [2.05, 4.69) is 15.6 Å². The van der Waals surface area contributed by atoms with Crippen LogP contribution < -0.4 is 24.8 Å². The number of aliphatic imine (C=N–C) groups is 1. The average molecular weight is 499 g/mol. The highest BCUT2D eigenvalue weighted by Gasteiger charge is 2.07. The van der Waals surface area contributed by atoms with Gasteiger partial charge in [-0.1, -0.05) is 18.2 Å². The summed E-state index contributed by atoms with van der Waals surface area (Å²) in [6.07, 6.45) is 0. The Kier molecular flexibility index (Phi) is 11.2. The molecule has 0 radical (unpaired) electrons. The van der Waals surface area contributed by atoms with Gasteiger partial charge in [-0.05, 0) is 32.0 Å². The van der Waals surface area contributed by atoms with E-state index in [4.69, 9.17) is 14.2 Å². The summed E-state index contributed by atoms with van der Waals surface area (Å²) < 4.78 is 16.4. The number of methoxy groups -OCH3 is 2. The molecule has 2 N–H and O–H groups in total. The molecule has 0 saturated carbocycles. The first kappa shape index (κ1) is 23.9. The number of rotatable bonds is 9. The van der Waals surface area contributed by atoms with Gasteiger partial charge < -0.3 is 24.8 Å². The smallest absolute Gasteiger partial charge is 0.191 e. The number of hydrogen-bond acceptors (Lipinski definition) is 4. The molecule has 0 aromatic heterocycles.